The molecule has 0 spiro atoms. The van der Waals surface area contributed by atoms with E-state index in [1.54, 1.807) is 33.4 Å². The number of aromatic nitrogens is 6. The minimum absolute atomic E-state index is 0.112. The van der Waals surface area contributed by atoms with E-state index < -0.39 is 169 Å². The van der Waals surface area contributed by atoms with E-state index in [0.717, 1.165) is 43.6 Å². The number of anilines is 6. The summed E-state index contributed by atoms with van der Waals surface area (Å²) in [6.45, 7) is 5.00. The molecule has 538 valence electrons. The molecule has 17 aromatic carbocycles. The fraction of sp³-hybridized carbons (Fsp3) is 0.0377. The maximum Gasteiger partial charge on any atom is 0.252 e. The van der Waals surface area contributed by atoms with Gasteiger partial charge in [0.15, 0.2) is 0 Å². The van der Waals surface area contributed by atoms with E-state index in [9.17, 15) is 27.4 Å². The molecule has 0 saturated carbocycles. The second kappa shape index (κ2) is 23.9. The Labute approximate surface area is 699 Å². The molecule has 8 nitrogen and oxygen atoms in total. The van der Waals surface area contributed by atoms with Crippen molar-refractivity contribution in [3.05, 3.63) is 381 Å². The van der Waals surface area contributed by atoms with Crippen LogP contribution in [0.15, 0.2) is 375 Å². The third-order valence-electron chi connectivity index (χ3n) is 23.6. The van der Waals surface area contributed by atoms with Crippen LogP contribution >= 0.6 is 0 Å². The lowest BCUT2D eigenvalue weighted by molar-refractivity contribution is 0.590. The zero-order valence-electron chi connectivity index (χ0n) is 87.4. The van der Waals surface area contributed by atoms with Gasteiger partial charge in [0.25, 0.3) is 6.71 Å². The molecule has 0 aliphatic carbocycles. The molecule has 0 radical (unpaired) electrons. The standard InChI is InChI=1S/C106H71BN8/c1-106(2,3)66-60-101-103-102(61-66)115(98-51-27-41-82-84-63-70(55-59-96(84)113(105(82)98)68-30-8-5-9-31-68)109-89-44-20-12-34-75(89)76-35-13-21-45-90(76)109)100-65-72(111-93-48-24-16-38-79(93)80-39-17-25-49-94(80)111)53-57-86(100)107(103)85-56-52-71(110-91-46-22-14-36-77(91)78-37-15-23-47-92(78)110)64-99(85)114(101)97-50-26-40-81-83-62-69(54-58-95(83)112(104(81)97)67-28-6-4-7-29-67)108-87-42-18-10-32-73(87)74-33-11-19-43-88(74)108/h4-65H,1-3H3/i4D,5D,6D,7D,8D,9D,14D,15D,16D,17D,22D,23D,24D,25D,28D,29D,30D,31D,36D,37D,38D,39D,46D,47D,48D,49D. The smallest absolute Gasteiger partial charge is 0.252 e. The Morgan fingerprint density at radius 2 is 0.539 bits per heavy atom. The third kappa shape index (κ3) is 8.97. The molecule has 0 atom stereocenters. The number of fused-ring (bicyclic) bond motifs is 22. The van der Waals surface area contributed by atoms with E-state index in [2.05, 4.69) is 33.4 Å². The van der Waals surface area contributed by atoms with Crippen LogP contribution in [0.3, 0.4) is 0 Å². The molecule has 9 heteroatoms. The van der Waals surface area contributed by atoms with Crippen LogP contribution in [0.4, 0.5) is 34.1 Å². The zero-order chi connectivity index (χ0) is 98.3. The molecule has 0 unspecified atom stereocenters. The largest absolute Gasteiger partial charge is 0.309 e. The molecule has 25 rings (SSSR count). The first-order valence-electron chi connectivity index (χ1n) is 50.9. The molecular formula is C106H71BN8. The normalized spacial score (nSPS) is 16.1. The number of benzene rings is 17. The molecule has 115 heavy (non-hydrogen) atoms. The minimum Gasteiger partial charge on any atom is -0.309 e. The van der Waals surface area contributed by atoms with Crippen LogP contribution in [-0.4, -0.2) is 34.1 Å². The van der Waals surface area contributed by atoms with Gasteiger partial charge in [0.1, 0.15) is 0 Å². The van der Waals surface area contributed by atoms with Gasteiger partial charge in [-0.15, -0.1) is 0 Å². The van der Waals surface area contributed by atoms with Crippen LogP contribution in [-0.2, 0) is 5.41 Å². The summed E-state index contributed by atoms with van der Waals surface area (Å²) in [5, 5.41) is 5.24. The molecule has 0 fully saturated rings. The summed E-state index contributed by atoms with van der Waals surface area (Å²) in [6, 6.07) is 53.5. The van der Waals surface area contributed by atoms with Crippen molar-refractivity contribution in [1.82, 2.24) is 27.4 Å². The Hall–Kier alpha value is -14.8. The van der Waals surface area contributed by atoms with Gasteiger partial charge in [-0.25, -0.2) is 0 Å². The minimum atomic E-state index is -1.06. The topological polar surface area (TPSA) is 36.1 Å². The highest BCUT2D eigenvalue weighted by Crippen LogP contribution is 2.53. The second-order valence-corrected chi connectivity index (χ2v) is 30.4. The van der Waals surface area contributed by atoms with Crippen molar-refractivity contribution in [1.29, 1.82) is 0 Å². The highest BCUT2D eigenvalue weighted by molar-refractivity contribution is 7.00. The summed E-state index contributed by atoms with van der Waals surface area (Å²) in [7, 11) is 0. The fourth-order valence-corrected chi connectivity index (χ4v) is 18.8. The summed E-state index contributed by atoms with van der Waals surface area (Å²) in [5.74, 6) is 0. The van der Waals surface area contributed by atoms with Crippen molar-refractivity contribution in [2.24, 2.45) is 0 Å². The Morgan fingerprint density at radius 3 is 0.913 bits per heavy atom. The number of para-hydroxylation sites is 12. The van der Waals surface area contributed by atoms with Gasteiger partial charge in [-0.3, -0.25) is 0 Å². The molecule has 0 N–H and O–H groups in total. The molecule has 6 aromatic heterocycles. The molecule has 0 saturated heterocycles. The van der Waals surface area contributed by atoms with Gasteiger partial charge < -0.3 is 37.2 Å². The Kier molecular flexibility index (Phi) is 9.07. The van der Waals surface area contributed by atoms with Gasteiger partial charge >= 0.3 is 0 Å². The van der Waals surface area contributed by atoms with Gasteiger partial charge in [-0.1, -0.05) is 239 Å². The summed E-state index contributed by atoms with van der Waals surface area (Å²) in [6.07, 6.45) is 0. The number of hydrogen-bond acceptors (Lipinski definition) is 2. The van der Waals surface area contributed by atoms with Gasteiger partial charge in [-0.05, 0) is 185 Å². The SMILES string of the molecule is [2H]c1c([2H])c([2H])c(-n2c3ccc(-n4c5ccccc5c5ccccc54)cc3c3cccc(N4c5cc(-n6c7c([2H])c([2H])c([2H])c([2H])c7c7c([2H])c([2H])c([2H])c([2H])c76)ccc5B5c6ccc(-n7c8c([2H])c([2H])c([2H])c([2H])c8c8c([2H])c([2H])c([2H])c([2H])c87)cc6N(c6cccc7c8cc(-n9c%10ccccc%10c%10ccccc%109)ccc8n(-c8c([2H])c([2H])c([2H])c([2H])c8[2H])c67)c6cc(C(C)(C)C)cc4c65)c32)c([2H])c1[2H]. The Morgan fingerprint density at radius 1 is 0.226 bits per heavy atom. The van der Waals surface area contributed by atoms with Crippen LogP contribution in [0.25, 0.3) is 165 Å². The molecule has 0 amide bonds. The van der Waals surface area contributed by atoms with E-state index in [1.807, 2.05) is 200 Å². The number of rotatable bonds is 8. The molecular weight excluding hydrogens is 1400 g/mol. The monoisotopic (exact) mass is 1490 g/mol. The molecule has 8 heterocycles. The van der Waals surface area contributed by atoms with Crippen LogP contribution < -0.4 is 26.2 Å². The summed E-state index contributed by atoms with van der Waals surface area (Å²) in [5.41, 5.74) is 8.52. The first-order valence-corrected chi connectivity index (χ1v) is 37.9. The lowest BCUT2D eigenvalue weighted by Crippen LogP contribution is -2.61. The first-order chi connectivity index (χ1) is 67.5. The molecule has 23 aromatic rings. The third-order valence-corrected chi connectivity index (χ3v) is 23.6. The van der Waals surface area contributed by atoms with Crippen LogP contribution in [0.2, 0.25) is 0 Å². The van der Waals surface area contributed by atoms with Crippen LogP contribution in [0.5, 0.6) is 0 Å². The van der Waals surface area contributed by atoms with Gasteiger partial charge in [0, 0.05) is 122 Å². The summed E-state index contributed by atoms with van der Waals surface area (Å²) < 4.78 is 260. The van der Waals surface area contributed by atoms with E-state index in [4.69, 9.17) is 8.22 Å². The average molecular weight is 1490 g/mol. The first kappa shape index (κ1) is 43.7. The van der Waals surface area contributed by atoms with Crippen molar-refractivity contribution in [3.8, 4) is 34.1 Å². The van der Waals surface area contributed by atoms with Gasteiger partial charge in [0.05, 0.1) is 113 Å². The number of hydrogen-bond donors (Lipinski definition) is 0. The van der Waals surface area contributed by atoms with Crippen molar-refractivity contribution < 1.29 is 35.6 Å². The van der Waals surface area contributed by atoms with Crippen molar-refractivity contribution in [3.63, 3.8) is 0 Å². The highest BCUT2D eigenvalue weighted by Gasteiger charge is 2.46. The number of nitrogens with zero attached hydrogens (tertiary/aromatic N) is 8. The summed E-state index contributed by atoms with van der Waals surface area (Å²) in [4.78, 5) is 4.00. The van der Waals surface area contributed by atoms with E-state index >= 15 is 0 Å². The maximum absolute atomic E-state index is 10.2. The molecule has 2 aliphatic heterocycles. The lowest BCUT2D eigenvalue weighted by Gasteiger charge is -2.45. The zero-order valence-corrected chi connectivity index (χ0v) is 61.4. The van der Waals surface area contributed by atoms with Gasteiger partial charge in [-0.2, -0.15) is 0 Å². The summed E-state index contributed by atoms with van der Waals surface area (Å²) >= 11 is 0. The van der Waals surface area contributed by atoms with E-state index in [-0.39, 0.29) is 66.4 Å². The Balaban J connectivity index is 0.872. The van der Waals surface area contributed by atoms with E-state index in [1.165, 1.54) is 9.13 Å². The van der Waals surface area contributed by atoms with Crippen molar-refractivity contribution in [2.45, 2.75) is 26.2 Å². The van der Waals surface area contributed by atoms with Crippen LogP contribution in [0, 0.1) is 0 Å². The lowest BCUT2D eigenvalue weighted by atomic mass is 9.33. The van der Waals surface area contributed by atoms with Crippen LogP contribution in [0.1, 0.15) is 62.0 Å². The predicted octanol–water partition coefficient (Wildman–Crippen LogP) is 25.6. The molecule has 2 aliphatic rings. The van der Waals surface area contributed by atoms with Crippen molar-refractivity contribution >= 4 is 188 Å². The Bertz CT molecular complexity index is 8960. The molecule has 0 bridgehead atoms. The average Bonchev–Trinajstić information content (AvgIpc) is 1.67. The maximum atomic E-state index is 10.2. The highest BCUT2D eigenvalue weighted by atomic mass is 15.2. The van der Waals surface area contributed by atoms with Gasteiger partial charge in [0.2, 0.25) is 0 Å². The second-order valence-electron chi connectivity index (χ2n) is 30.4. The predicted molar refractivity (Wildman–Crippen MR) is 485 cm³/mol. The van der Waals surface area contributed by atoms with E-state index in [0.29, 0.717) is 111 Å². The quantitative estimate of drug-likeness (QED) is 0.142. The van der Waals surface area contributed by atoms with Crippen molar-refractivity contribution in [2.75, 3.05) is 9.80 Å². The fourth-order valence-electron chi connectivity index (χ4n) is 18.8.